The molecule has 1 heterocycles. The van der Waals surface area contributed by atoms with Crippen LogP contribution < -0.4 is 0 Å². The van der Waals surface area contributed by atoms with E-state index in [2.05, 4.69) is 0 Å². The van der Waals surface area contributed by atoms with E-state index >= 15 is 0 Å². The van der Waals surface area contributed by atoms with Crippen molar-refractivity contribution in [2.75, 3.05) is 13.1 Å². The minimum absolute atomic E-state index is 0.118. The van der Waals surface area contributed by atoms with Crippen LogP contribution in [0.5, 0.6) is 0 Å². The van der Waals surface area contributed by atoms with Crippen LogP contribution in [0.1, 0.15) is 35.7 Å². The van der Waals surface area contributed by atoms with Gasteiger partial charge in [0, 0.05) is 24.6 Å². The molecule has 3 nitrogen and oxygen atoms in total. The lowest BCUT2D eigenvalue weighted by molar-refractivity contribution is 0.0228. The van der Waals surface area contributed by atoms with Crippen molar-refractivity contribution in [1.29, 1.82) is 0 Å². The quantitative estimate of drug-likeness (QED) is 0.891. The molecule has 1 aromatic carbocycles. The maximum Gasteiger partial charge on any atom is 0.253 e. The first-order chi connectivity index (χ1) is 9.01. The first kappa shape index (κ1) is 14.0. The molecule has 2 unspecified atom stereocenters. The second kappa shape index (κ2) is 5.70. The largest absolute Gasteiger partial charge is 0.393 e. The van der Waals surface area contributed by atoms with E-state index in [0.717, 1.165) is 12.0 Å². The van der Waals surface area contributed by atoms with E-state index in [1.54, 1.807) is 17.9 Å². The molecule has 1 aliphatic rings. The van der Waals surface area contributed by atoms with Crippen molar-refractivity contribution in [3.05, 3.63) is 35.1 Å². The Balaban J connectivity index is 2.15. The van der Waals surface area contributed by atoms with E-state index in [-0.39, 0.29) is 23.7 Å². The van der Waals surface area contributed by atoms with Gasteiger partial charge in [0.1, 0.15) is 5.82 Å². The van der Waals surface area contributed by atoms with Crippen molar-refractivity contribution in [1.82, 2.24) is 4.90 Å². The third kappa shape index (κ3) is 3.13. The number of aliphatic hydroxyl groups is 1. The molecule has 0 spiro atoms. The SMILES string of the molecule is CCC1CN(C(=O)c2cc(C)cc(F)c2)CCC1O. The van der Waals surface area contributed by atoms with Crippen molar-refractivity contribution in [2.45, 2.75) is 32.8 Å². The van der Waals surface area contributed by atoms with Crippen molar-refractivity contribution in [3.8, 4) is 0 Å². The van der Waals surface area contributed by atoms with Gasteiger partial charge in [-0.1, -0.05) is 6.92 Å². The predicted octanol–water partition coefficient (Wildman–Crippen LogP) is 2.37. The van der Waals surface area contributed by atoms with Gasteiger partial charge in [-0.05, 0) is 43.5 Å². The fourth-order valence-electron chi connectivity index (χ4n) is 2.65. The average molecular weight is 265 g/mol. The molecule has 1 N–H and O–H groups in total. The fraction of sp³-hybridized carbons (Fsp3) is 0.533. The maximum atomic E-state index is 13.3. The molecule has 0 radical (unpaired) electrons. The lowest BCUT2D eigenvalue weighted by atomic mass is 9.92. The molecule has 1 amide bonds. The van der Waals surface area contributed by atoms with Crippen LogP contribution in [-0.4, -0.2) is 35.1 Å². The first-order valence-electron chi connectivity index (χ1n) is 6.75. The molecule has 104 valence electrons. The number of likely N-dealkylation sites (tertiary alicyclic amines) is 1. The van der Waals surface area contributed by atoms with E-state index < -0.39 is 0 Å². The smallest absolute Gasteiger partial charge is 0.253 e. The summed E-state index contributed by atoms with van der Waals surface area (Å²) in [5.41, 5.74) is 1.14. The zero-order valence-electron chi connectivity index (χ0n) is 11.4. The highest BCUT2D eigenvalue weighted by Crippen LogP contribution is 2.22. The first-order valence-corrected chi connectivity index (χ1v) is 6.75. The summed E-state index contributed by atoms with van der Waals surface area (Å²) in [4.78, 5) is 14.1. The number of rotatable bonds is 2. The Kier molecular flexibility index (Phi) is 4.20. The number of halogens is 1. The molecule has 1 aromatic rings. The zero-order valence-corrected chi connectivity index (χ0v) is 11.4. The molecule has 19 heavy (non-hydrogen) atoms. The molecular weight excluding hydrogens is 245 g/mol. The summed E-state index contributed by atoms with van der Waals surface area (Å²) in [6.07, 6.45) is 1.11. The molecule has 0 saturated carbocycles. The van der Waals surface area contributed by atoms with Crippen LogP contribution in [-0.2, 0) is 0 Å². The summed E-state index contributed by atoms with van der Waals surface area (Å²) in [7, 11) is 0. The minimum atomic E-state index is -0.382. The number of carbonyl (C=O) groups excluding carboxylic acids is 1. The van der Waals surface area contributed by atoms with Gasteiger partial charge >= 0.3 is 0 Å². The van der Waals surface area contributed by atoms with Gasteiger partial charge in [-0.2, -0.15) is 0 Å². The van der Waals surface area contributed by atoms with Crippen LogP contribution in [0.4, 0.5) is 4.39 Å². The van der Waals surface area contributed by atoms with Gasteiger partial charge in [-0.15, -0.1) is 0 Å². The van der Waals surface area contributed by atoms with Gasteiger partial charge in [0.05, 0.1) is 6.10 Å². The highest BCUT2D eigenvalue weighted by Gasteiger charge is 2.29. The highest BCUT2D eigenvalue weighted by atomic mass is 19.1. The fourth-order valence-corrected chi connectivity index (χ4v) is 2.65. The second-order valence-corrected chi connectivity index (χ2v) is 5.29. The summed E-state index contributed by atoms with van der Waals surface area (Å²) in [5, 5.41) is 9.83. The Morgan fingerprint density at radius 2 is 2.21 bits per heavy atom. The molecule has 0 aliphatic carbocycles. The average Bonchev–Trinajstić information content (AvgIpc) is 2.37. The van der Waals surface area contributed by atoms with Crippen LogP contribution in [0.25, 0.3) is 0 Å². The summed E-state index contributed by atoms with van der Waals surface area (Å²) in [6.45, 7) is 4.86. The van der Waals surface area contributed by atoms with E-state index in [4.69, 9.17) is 0 Å². The molecule has 4 heteroatoms. The number of carbonyl (C=O) groups is 1. The van der Waals surface area contributed by atoms with E-state index in [0.29, 0.717) is 25.1 Å². The summed E-state index contributed by atoms with van der Waals surface area (Å²) in [5.74, 6) is -0.409. The van der Waals surface area contributed by atoms with Crippen LogP contribution in [0, 0.1) is 18.7 Å². The van der Waals surface area contributed by atoms with E-state index in [9.17, 15) is 14.3 Å². The Morgan fingerprint density at radius 3 is 2.84 bits per heavy atom. The number of hydrogen-bond acceptors (Lipinski definition) is 2. The van der Waals surface area contributed by atoms with Crippen LogP contribution in [0.3, 0.4) is 0 Å². The zero-order chi connectivity index (χ0) is 14.0. The Labute approximate surface area is 113 Å². The number of piperidine rings is 1. The molecule has 2 rings (SSSR count). The molecule has 1 aliphatic heterocycles. The Morgan fingerprint density at radius 1 is 1.47 bits per heavy atom. The number of hydrogen-bond donors (Lipinski definition) is 1. The van der Waals surface area contributed by atoms with Gasteiger partial charge in [0.25, 0.3) is 5.91 Å². The number of nitrogens with zero attached hydrogens (tertiary/aromatic N) is 1. The van der Waals surface area contributed by atoms with E-state index in [1.807, 2.05) is 6.92 Å². The molecule has 2 atom stereocenters. The lowest BCUT2D eigenvalue weighted by Gasteiger charge is -2.35. The predicted molar refractivity (Wildman–Crippen MR) is 71.4 cm³/mol. The lowest BCUT2D eigenvalue weighted by Crippen LogP contribution is -2.45. The molecule has 0 bridgehead atoms. The Bertz CT molecular complexity index is 455. The molecule has 1 saturated heterocycles. The highest BCUT2D eigenvalue weighted by molar-refractivity contribution is 5.94. The molecule has 0 aromatic heterocycles. The van der Waals surface area contributed by atoms with Gasteiger partial charge < -0.3 is 10.0 Å². The van der Waals surface area contributed by atoms with Gasteiger partial charge in [-0.25, -0.2) is 4.39 Å². The number of aryl methyl sites for hydroxylation is 1. The Hall–Kier alpha value is -1.42. The molecular formula is C15H20FNO2. The minimum Gasteiger partial charge on any atom is -0.393 e. The van der Waals surface area contributed by atoms with Gasteiger partial charge in [0.2, 0.25) is 0 Å². The third-order valence-corrected chi connectivity index (χ3v) is 3.79. The van der Waals surface area contributed by atoms with Gasteiger partial charge in [-0.3, -0.25) is 4.79 Å². The summed E-state index contributed by atoms with van der Waals surface area (Å²) < 4.78 is 13.3. The van der Waals surface area contributed by atoms with Crippen LogP contribution in [0.2, 0.25) is 0 Å². The monoisotopic (exact) mass is 265 g/mol. The number of aliphatic hydroxyl groups excluding tert-OH is 1. The van der Waals surface area contributed by atoms with Crippen LogP contribution in [0.15, 0.2) is 18.2 Å². The third-order valence-electron chi connectivity index (χ3n) is 3.79. The number of amides is 1. The standard InChI is InChI=1S/C15H20FNO2/c1-3-11-9-17(5-4-14(11)18)15(19)12-6-10(2)7-13(16)8-12/h6-8,11,14,18H,3-5,9H2,1-2H3. The topological polar surface area (TPSA) is 40.5 Å². The van der Waals surface area contributed by atoms with Crippen molar-refractivity contribution >= 4 is 5.91 Å². The van der Waals surface area contributed by atoms with Crippen LogP contribution >= 0.6 is 0 Å². The van der Waals surface area contributed by atoms with Crippen molar-refractivity contribution in [3.63, 3.8) is 0 Å². The molecule has 1 fully saturated rings. The van der Waals surface area contributed by atoms with Crippen molar-refractivity contribution in [2.24, 2.45) is 5.92 Å². The summed E-state index contributed by atoms with van der Waals surface area (Å²) >= 11 is 0. The van der Waals surface area contributed by atoms with Gasteiger partial charge in [0.15, 0.2) is 0 Å². The summed E-state index contributed by atoms with van der Waals surface area (Å²) in [6, 6.07) is 4.39. The normalized spacial score (nSPS) is 23.5. The van der Waals surface area contributed by atoms with E-state index in [1.165, 1.54) is 12.1 Å². The number of benzene rings is 1. The maximum absolute atomic E-state index is 13.3. The second-order valence-electron chi connectivity index (χ2n) is 5.29. The van der Waals surface area contributed by atoms with Crippen molar-refractivity contribution < 1.29 is 14.3 Å².